The molecule has 3 nitrogen and oxygen atoms in total. The van der Waals surface area contributed by atoms with Gasteiger partial charge in [-0.15, -0.1) is 0 Å². The average molecular weight is 147 g/mol. The summed E-state index contributed by atoms with van der Waals surface area (Å²) >= 11 is 0. The van der Waals surface area contributed by atoms with E-state index in [-0.39, 0.29) is 0 Å². The van der Waals surface area contributed by atoms with Crippen molar-refractivity contribution < 1.29 is 0 Å². The summed E-state index contributed by atoms with van der Waals surface area (Å²) in [5.74, 6) is 0. The Kier molecular flexibility index (Phi) is 2.38. The first kappa shape index (κ1) is 7.47. The van der Waals surface area contributed by atoms with Gasteiger partial charge in [-0.2, -0.15) is 5.10 Å². The van der Waals surface area contributed by atoms with E-state index in [1.807, 2.05) is 6.07 Å². The number of rotatable bonds is 3. The molecule has 0 saturated heterocycles. The van der Waals surface area contributed by atoms with Crippen LogP contribution in [0.15, 0.2) is 36.5 Å². The lowest BCUT2D eigenvalue weighted by Gasteiger charge is -1.90. The van der Waals surface area contributed by atoms with Crippen LogP contribution in [0.4, 0.5) is 0 Å². The van der Waals surface area contributed by atoms with E-state index in [0.717, 1.165) is 5.69 Å². The van der Waals surface area contributed by atoms with Crippen molar-refractivity contribution in [2.24, 2.45) is 4.99 Å². The molecule has 0 spiro atoms. The summed E-state index contributed by atoms with van der Waals surface area (Å²) in [5.41, 5.74) is 1.48. The molecule has 0 atom stereocenters. The molecule has 0 amide bonds. The standard InChI is InChI=1S/C8H9N3/c1-3-5-9-7(2)8-4-6-10-11-8/h3-6H,1-2H2,(H,10,11). The van der Waals surface area contributed by atoms with Crippen LogP contribution in [0.2, 0.25) is 0 Å². The third-order valence-electron chi connectivity index (χ3n) is 1.15. The maximum Gasteiger partial charge on any atom is 0.0828 e. The Morgan fingerprint density at radius 2 is 2.55 bits per heavy atom. The molecule has 3 heteroatoms. The second kappa shape index (κ2) is 3.51. The fourth-order valence-corrected chi connectivity index (χ4v) is 0.629. The predicted octanol–water partition coefficient (Wildman–Crippen LogP) is 1.64. The second-order valence-corrected chi connectivity index (χ2v) is 1.93. The molecule has 0 aliphatic heterocycles. The van der Waals surface area contributed by atoms with Crippen molar-refractivity contribution in [1.82, 2.24) is 10.2 Å². The van der Waals surface area contributed by atoms with Crippen LogP contribution in [0.25, 0.3) is 5.70 Å². The molecule has 0 aliphatic rings. The second-order valence-electron chi connectivity index (χ2n) is 1.93. The molecule has 0 aromatic carbocycles. The monoisotopic (exact) mass is 147 g/mol. The number of hydrogen-bond donors (Lipinski definition) is 1. The smallest absolute Gasteiger partial charge is 0.0828 e. The van der Waals surface area contributed by atoms with Crippen LogP contribution in [0, 0.1) is 0 Å². The highest BCUT2D eigenvalue weighted by Crippen LogP contribution is 2.07. The molecular formula is C8H9N3. The van der Waals surface area contributed by atoms with Crippen LogP contribution in [0.5, 0.6) is 0 Å². The molecule has 1 aromatic heterocycles. The van der Waals surface area contributed by atoms with Gasteiger partial charge in [-0.1, -0.05) is 19.2 Å². The number of aromatic nitrogens is 2. The van der Waals surface area contributed by atoms with Gasteiger partial charge < -0.3 is 0 Å². The van der Waals surface area contributed by atoms with E-state index in [9.17, 15) is 0 Å². The highest BCUT2D eigenvalue weighted by atomic mass is 15.1. The summed E-state index contributed by atoms with van der Waals surface area (Å²) in [7, 11) is 0. The van der Waals surface area contributed by atoms with Crippen LogP contribution >= 0.6 is 0 Å². The summed E-state index contributed by atoms with van der Waals surface area (Å²) in [6.07, 6.45) is 4.84. The molecule has 11 heavy (non-hydrogen) atoms. The fraction of sp³-hybridized carbons (Fsp3) is 0. The molecule has 1 heterocycles. The van der Waals surface area contributed by atoms with Crippen LogP contribution in [0.3, 0.4) is 0 Å². The van der Waals surface area contributed by atoms with Crippen LogP contribution < -0.4 is 0 Å². The van der Waals surface area contributed by atoms with Gasteiger partial charge in [0.05, 0.1) is 11.4 Å². The lowest BCUT2D eigenvalue weighted by Crippen LogP contribution is -1.79. The van der Waals surface area contributed by atoms with Gasteiger partial charge in [0.2, 0.25) is 0 Å². The third kappa shape index (κ3) is 1.89. The number of hydrogen-bond acceptors (Lipinski definition) is 2. The predicted molar refractivity (Wildman–Crippen MR) is 46.3 cm³/mol. The van der Waals surface area contributed by atoms with Gasteiger partial charge in [-0.3, -0.25) is 10.1 Å². The van der Waals surface area contributed by atoms with E-state index in [1.54, 1.807) is 18.5 Å². The fourth-order valence-electron chi connectivity index (χ4n) is 0.629. The third-order valence-corrected chi connectivity index (χ3v) is 1.15. The highest BCUT2D eigenvalue weighted by molar-refractivity contribution is 5.77. The summed E-state index contributed by atoms with van der Waals surface area (Å²) in [6, 6.07) is 1.81. The minimum Gasteiger partial charge on any atom is -0.276 e. The lowest BCUT2D eigenvalue weighted by molar-refractivity contribution is 1.07. The molecule has 1 aromatic rings. The summed E-state index contributed by atoms with van der Waals surface area (Å²) < 4.78 is 0. The van der Waals surface area contributed by atoms with E-state index < -0.39 is 0 Å². The van der Waals surface area contributed by atoms with Gasteiger partial charge in [0.15, 0.2) is 0 Å². The zero-order valence-corrected chi connectivity index (χ0v) is 6.12. The van der Waals surface area contributed by atoms with Gasteiger partial charge in [0.1, 0.15) is 0 Å². The normalized spacial score (nSPS) is 10.2. The zero-order valence-electron chi connectivity index (χ0n) is 6.12. The Hall–Kier alpha value is -1.64. The molecule has 0 saturated carbocycles. The minimum atomic E-state index is 0.655. The van der Waals surface area contributed by atoms with E-state index in [2.05, 4.69) is 28.3 Å². The van der Waals surface area contributed by atoms with Crippen molar-refractivity contribution in [1.29, 1.82) is 0 Å². The van der Waals surface area contributed by atoms with E-state index in [4.69, 9.17) is 0 Å². The SMILES string of the molecule is C=CC=NC(=C)c1ccn[nH]1. The number of aliphatic imine (C=N–C) groups is 1. The Balaban J connectivity index is 2.71. The number of aromatic amines is 1. The Morgan fingerprint density at radius 1 is 1.73 bits per heavy atom. The quantitative estimate of drug-likeness (QED) is 0.649. The van der Waals surface area contributed by atoms with Crippen molar-refractivity contribution in [3.63, 3.8) is 0 Å². The molecular weight excluding hydrogens is 138 g/mol. The van der Waals surface area contributed by atoms with E-state index in [0.29, 0.717) is 5.70 Å². The number of nitrogens with one attached hydrogen (secondary N) is 1. The van der Waals surface area contributed by atoms with Crippen LogP contribution in [-0.4, -0.2) is 16.4 Å². The Bertz CT molecular complexity index is 270. The van der Waals surface area contributed by atoms with Gasteiger partial charge in [0.25, 0.3) is 0 Å². The van der Waals surface area contributed by atoms with Crippen molar-refractivity contribution >= 4 is 11.9 Å². The van der Waals surface area contributed by atoms with Gasteiger partial charge in [-0.05, 0) is 6.07 Å². The molecule has 0 fully saturated rings. The molecule has 0 bridgehead atoms. The van der Waals surface area contributed by atoms with E-state index in [1.165, 1.54) is 0 Å². The first-order valence-electron chi connectivity index (χ1n) is 3.18. The molecule has 56 valence electrons. The van der Waals surface area contributed by atoms with Crippen molar-refractivity contribution in [3.05, 3.63) is 37.2 Å². The van der Waals surface area contributed by atoms with Gasteiger partial charge in [0, 0.05) is 12.4 Å². The van der Waals surface area contributed by atoms with Crippen molar-refractivity contribution in [2.75, 3.05) is 0 Å². The van der Waals surface area contributed by atoms with Gasteiger partial charge in [-0.25, -0.2) is 0 Å². The topological polar surface area (TPSA) is 41.0 Å². The molecule has 1 N–H and O–H groups in total. The first-order chi connectivity index (χ1) is 5.34. The van der Waals surface area contributed by atoms with Gasteiger partial charge >= 0.3 is 0 Å². The molecule has 0 aliphatic carbocycles. The molecule has 0 unspecified atom stereocenters. The summed E-state index contributed by atoms with van der Waals surface area (Å²) in [6.45, 7) is 7.22. The summed E-state index contributed by atoms with van der Waals surface area (Å²) in [4.78, 5) is 3.98. The van der Waals surface area contributed by atoms with Crippen molar-refractivity contribution in [3.8, 4) is 0 Å². The van der Waals surface area contributed by atoms with Crippen LogP contribution in [0.1, 0.15) is 5.69 Å². The number of H-pyrrole nitrogens is 1. The average Bonchev–Trinajstić information content (AvgIpc) is 2.52. The summed E-state index contributed by atoms with van der Waals surface area (Å²) in [5, 5.41) is 6.51. The van der Waals surface area contributed by atoms with Crippen molar-refractivity contribution in [2.45, 2.75) is 0 Å². The molecule has 1 rings (SSSR count). The number of allylic oxidation sites excluding steroid dienone is 1. The van der Waals surface area contributed by atoms with E-state index >= 15 is 0 Å². The highest BCUT2D eigenvalue weighted by Gasteiger charge is 1.93. The Labute approximate surface area is 65.2 Å². The maximum atomic E-state index is 3.98. The van der Waals surface area contributed by atoms with Crippen LogP contribution in [-0.2, 0) is 0 Å². The minimum absolute atomic E-state index is 0.655. The lowest BCUT2D eigenvalue weighted by atomic mass is 10.3. The number of nitrogens with zero attached hydrogens (tertiary/aromatic N) is 2. The Morgan fingerprint density at radius 3 is 3.09 bits per heavy atom. The zero-order chi connectivity index (χ0) is 8.10. The molecule has 0 radical (unpaired) electrons. The largest absolute Gasteiger partial charge is 0.276 e. The first-order valence-corrected chi connectivity index (χ1v) is 3.18. The maximum absolute atomic E-state index is 3.98.